The summed E-state index contributed by atoms with van der Waals surface area (Å²) >= 11 is 6.05. The molecule has 1 fully saturated rings. The summed E-state index contributed by atoms with van der Waals surface area (Å²) in [5, 5.41) is 23.0. The Morgan fingerprint density at radius 3 is 2.06 bits per heavy atom. The van der Waals surface area contributed by atoms with Crippen molar-refractivity contribution in [2.75, 3.05) is 6.61 Å². The normalized spacial score (nSPS) is 23.8. The molecule has 35 heavy (non-hydrogen) atoms. The van der Waals surface area contributed by atoms with Crippen LogP contribution in [-0.2, 0) is 32.2 Å². The summed E-state index contributed by atoms with van der Waals surface area (Å²) in [6.07, 6.45) is -5.43. The van der Waals surface area contributed by atoms with Crippen molar-refractivity contribution in [2.45, 2.75) is 56.9 Å². The zero-order valence-corrected chi connectivity index (χ0v) is 20.3. The average molecular weight is 499 g/mol. The van der Waals surface area contributed by atoms with Crippen molar-refractivity contribution in [3.63, 3.8) is 0 Å². The van der Waals surface area contributed by atoms with Gasteiger partial charge in [-0.05, 0) is 35.7 Å². The molecule has 186 valence electrons. The quantitative estimate of drug-likeness (QED) is 0.400. The van der Waals surface area contributed by atoms with Gasteiger partial charge in [0.1, 0.15) is 30.5 Å². The van der Waals surface area contributed by atoms with Gasteiger partial charge in [0.25, 0.3) is 0 Å². The first-order valence-corrected chi connectivity index (χ1v) is 12.1. The van der Waals surface area contributed by atoms with Gasteiger partial charge >= 0.3 is 0 Å². The molecule has 1 saturated heterocycles. The van der Waals surface area contributed by atoms with E-state index in [1.807, 2.05) is 67.6 Å². The fourth-order valence-electron chi connectivity index (χ4n) is 4.17. The van der Waals surface area contributed by atoms with E-state index in [1.165, 1.54) is 0 Å². The third-order valence-electron chi connectivity index (χ3n) is 5.98. The van der Waals surface area contributed by atoms with Gasteiger partial charge in [0.15, 0.2) is 6.29 Å². The van der Waals surface area contributed by atoms with Crippen molar-refractivity contribution in [3.8, 4) is 0 Å². The number of benzene rings is 3. The number of ether oxygens (including phenoxy) is 4. The summed E-state index contributed by atoms with van der Waals surface area (Å²) in [6.45, 7) is 2.70. The van der Waals surface area contributed by atoms with Gasteiger partial charge in [-0.2, -0.15) is 0 Å². The lowest BCUT2D eigenvalue weighted by Crippen LogP contribution is -2.44. The van der Waals surface area contributed by atoms with Crippen LogP contribution in [0.25, 0.3) is 0 Å². The highest BCUT2D eigenvalue weighted by atomic mass is 35.5. The Bertz CT molecular complexity index is 1020. The van der Waals surface area contributed by atoms with Crippen LogP contribution in [0.1, 0.15) is 29.7 Å². The minimum Gasteiger partial charge on any atom is -0.386 e. The van der Waals surface area contributed by atoms with Crippen molar-refractivity contribution in [1.29, 1.82) is 0 Å². The van der Waals surface area contributed by atoms with Crippen LogP contribution in [0.4, 0.5) is 0 Å². The molecule has 0 aliphatic carbocycles. The third-order valence-corrected chi connectivity index (χ3v) is 6.23. The van der Waals surface area contributed by atoms with Crippen LogP contribution >= 0.6 is 11.6 Å². The van der Waals surface area contributed by atoms with Gasteiger partial charge in [0.05, 0.1) is 13.2 Å². The third kappa shape index (κ3) is 6.68. The first-order chi connectivity index (χ1) is 17.1. The van der Waals surface area contributed by atoms with Crippen molar-refractivity contribution in [1.82, 2.24) is 0 Å². The van der Waals surface area contributed by atoms with Gasteiger partial charge < -0.3 is 29.2 Å². The summed E-state index contributed by atoms with van der Waals surface area (Å²) in [6, 6.07) is 26.3. The molecule has 6 nitrogen and oxygen atoms in total. The van der Waals surface area contributed by atoms with Gasteiger partial charge in [0, 0.05) is 11.6 Å². The van der Waals surface area contributed by atoms with E-state index in [2.05, 4.69) is 0 Å². The van der Waals surface area contributed by atoms with Gasteiger partial charge in [-0.15, -0.1) is 0 Å². The number of aliphatic hydroxyl groups is 2. The number of rotatable bonds is 11. The summed E-state index contributed by atoms with van der Waals surface area (Å²) in [5.74, 6) is 0. The molecule has 4 rings (SSSR count). The number of hydrogen-bond acceptors (Lipinski definition) is 6. The van der Waals surface area contributed by atoms with E-state index >= 15 is 0 Å². The number of halogens is 1. The second-order valence-electron chi connectivity index (χ2n) is 8.43. The predicted molar refractivity (Wildman–Crippen MR) is 133 cm³/mol. The maximum atomic E-state index is 11.4. The van der Waals surface area contributed by atoms with Crippen LogP contribution in [0, 0.1) is 0 Å². The highest BCUT2D eigenvalue weighted by Crippen LogP contribution is 2.35. The molecule has 6 atom stereocenters. The van der Waals surface area contributed by atoms with Crippen molar-refractivity contribution in [2.24, 2.45) is 0 Å². The number of hydrogen-bond donors (Lipinski definition) is 2. The highest BCUT2D eigenvalue weighted by Gasteiger charge is 2.51. The van der Waals surface area contributed by atoms with Crippen molar-refractivity contribution < 1.29 is 29.2 Å². The molecule has 0 amide bonds. The van der Waals surface area contributed by atoms with Gasteiger partial charge in [-0.1, -0.05) is 84.4 Å². The first-order valence-electron chi connectivity index (χ1n) is 11.8. The number of aliphatic hydroxyl groups excluding tert-OH is 2. The smallest absolute Gasteiger partial charge is 0.186 e. The molecule has 1 aliphatic heterocycles. The van der Waals surface area contributed by atoms with Crippen molar-refractivity contribution >= 4 is 11.6 Å². The van der Waals surface area contributed by atoms with Crippen LogP contribution in [-0.4, -0.2) is 47.5 Å². The molecule has 0 spiro atoms. The molecule has 1 aliphatic rings. The Balaban J connectivity index is 1.60. The highest BCUT2D eigenvalue weighted by molar-refractivity contribution is 6.30. The summed E-state index contributed by atoms with van der Waals surface area (Å²) in [4.78, 5) is 0. The largest absolute Gasteiger partial charge is 0.386 e. The average Bonchev–Trinajstić information content (AvgIpc) is 3.19. The van der Waals surface area contributed by atoms with E-state index in [9.17, 15) is 10.2 Å². The van der Waals surface area contributed by atoms with Crippen LogP contribution < -0.4 is 0 Å². The van der Waals surface area contributed by atoms with E-state index in [1.54, 1.807) is 24.3 Å². The zero-order valence-electron chi connectivity index (χ0n) is 19.6. The van der Waals surface area contributed by atoms with Gasteiger partial charge in [-0.3, -0.25) is 0 Å². The molecule has 2 unspecified atom stereocenters. The maximum Gasteiger partial charge on any atom is 0.186 e. The molecule has 0 bridgehead atoms. The standard InChI is InChI=1S/C28H31ClO6/c1-2-32-28-24(31)26(34-18-20-11-7-4-8-12-20)27(35-28)25(33-17-19-9-5-3-6-10-19)23(30)21-13-15-22(29)16-14-21/h3-16,23-28,30-31H,2,17-18H2,1H3/t23?,24-,25-,26-,27-,28?/m1/s1. The van der Waals surface area contributed by atoms with E-state index in [0.29, 0.717) is 17.2 Å². The Hall–Kier alpha value is -2.29. The topological polar surface area (TPSA) is 77.4 Å². The molecule has 0 radical (unpaired) electrons. The zero-order chi connectivity index (χ0) is 24.6. The lowest BCUT2D eigenvalue weighted by atomic mass is 9.96. The summed E-state index contributed by atoms with van der Waals surface area (Å²) in [7, 11) is 0. The second kappa shape index (κ2) is 12.6. The van der Waals surface area contributed by atoms with Crippen LogP contribution in [0.15, 0.2) is 84.9 Å². The van der Waals surface area contributed by atoms with Crippen LogP contribution in [0.2, 0.25) is 5.02 Å². The fraction of sp³-hybridized carbons (Fsp3) is 0.357. The summed E-state index contributed by atoms with van der Waals surface area (Å²) < 4.78 is 24.2. The van der Waals surface area contributed by atoms with Crippen LogP contribution in [0.5, 0.6) is 0 Å². The van der Waals surface area contributed by atoms with E-state index < -0.39 is 36.8 Å². The minimum atomic E-state index is -1.06. The molecule has 1 heterocycles. The molecule has 2 N–H and O–H groups in total. The van der Waals surface area contributed by atoms with Crippen molar-refractivity contribution in [3.05, 3.63) is 107 Å². The van der Waals surface area contributed by atoms with E-state index in [0.717, 1.165) is 11.1 Å². The lowest BCUT2D eigenvalue weighted by Gasteiger charge is -2.32. The minimum absolute atomic E-state index is 0.247. The molecule has 0 saturated carbocycles. The summed E-state index contributed by atoms with van der Waals surface area (Å²) in [5.41, 5.74) is 2.52. The molecule has 0 aromatic heterocycles. The maximum absolute atomic E-state index is 11.4. The molecule has 3 aromatic carbocycles. The SMILES string of the molecule is CCOC1O[C@H]([C@H](OCc2ccccc2)C(O)c2ccc(Cl)cc2)[C@H](OCc2ccccc2)[C@H]1O. The second-order valence-corrected chi connectivity index (χ2v) is 8.87. The Morgan fingerprint density at radius 1 is 0.857 bits per heavy atom. The van der Waals surface area contributed by atoms with E-state index in [-0.39, 0.29) is 13.2 Å². The Labute approximate surface area is 211 Å². The predicted octanol–water partition coefficient (Wildman–Crippen LogP) is 4.67. The molecular formula is C28H31ClO6. The lowest BCUT2D eigenvalue weighted by molar-refractivity contribution is -0.197. The molecular weight excluding hydrogens is 468 g/mol. The first kappa shape index (κ1) is 25.8. The molecule has 7 heteroatoms. The Morgan fingerprint density at radius 2 is 1.46 bits per heavy atom. The molecule has 3 aromatic rings. The monoisotopic (exact) mass is 498 g/mol. The Kier molecular flexibility index (Phi) is 9.29. The van der Waals surface area contributed by atoms with Crippen LogP contribution in [0.3, 0.4) is 0 Å². The van der Waals surface area contributed by atoms with E-state index in [4.69, 9.17) is 30.5 Å². The van der Waals surface area contributed by atoms with Gasteiger partial charge in [0.2, 0.25) is 0 Å². The fourth-order valence-corrected chi connectivity index (χ4v) is 4.30. The van der Waals surface area contributed by atoms with Gasteiger partial charge in [-0.25, -0.2) is 0 Å².